The molecule has 5 nitrogen and oxygen atoms in total. The van der Waals surface area contributed by atoms with Gasteiger partial charge in [-0.1, -0.05) is 36.4 Å². The van der Waals surface area contributed by atoms with Crippen LogP contribution in [-0.4, -0.2) is 25.0 Å². The van der Waals surface area contributed by atoms with E-state index in [1.54, 1.807) is 24.3 Å². The van der Waals surface area contributed by atoms with Crippen LogP contribution >= 0.6 is 0 Å². The first-order valence-electron chi connectivity index (χ1n) is 10.2. The molecule has 0 saturated heterocycles. The van der Waals surface area contributed by atoms with E-state index in [9.17, 15) is 9.59 Å². The molecule has 2 amide bonds. The van der Waals surface area contributed by atoms with Crippen LogP contribution in [0.5, 0.6) is 5.75 Å². The molecule has 0 unspecified atom stereocenters. The maximum atomic E-state index is 12.9. The maximum Gasteiger partial charge on any atom is 0.258 e. The molecule has 1 N–H and O–H groups in total. The standard InChI is InChI=1S/C25H24N2O3/c28-24(11-6-18-30-22-8-2-1-3-9-22)26-21-14-12-20(13-15-21)25(29)27-17-16-19-7-4-5-10-23(19)27/h1-5,7-10,12-15H,6,11,16-18H2,(H,26,28). The van der Waals surface area contributed by atoms with Crippen LogP contribution in [0.3, 0.4) is 0 Å². The quantitative estimate of drug-likeness (QED) is 0.586. The van der Waals surface area contributed by atoms with Gasteiger partial charge in [-0.25, -0.2) is 0 Å². The Bertz CT molecular complexity index is 1020. The Morgan fingerprint density at radius 1 is 0.900 bits per heavy atom. The average Bonchev–Trinajstić information content (AvgIpc) is 3.22. The second-order valence-corrected chi connectivity index (χ2v) is 7.23. The van der Waals surface area contributed by atoms with Crippen LogP contribution in [0.15, 0.2) is 78.9 Å². The number of carbonyl (C=O) groups is 2. The van der Waals surface area contributed by atoms with Gasteiger partial charge in [0.05, 0.1) is 6.61 Å². The molecule has 3 aromatic rings. The van der Waals surface area contributed by atoms with Crippen molar-refractivity contribution in [3.63, 3.8) is 0 Å². The SMILES string of the molecule is O=C(CCCOc1ccccc1)Nc1ccc(C(=O)N2CCc3ccccc32)cc1. The number of nitrogens with one attached hydrogen (secondary N) is 1. The fourth-order valence-electron chi connectivity index (χ4n) is 3.56. The fraction of sp³-hybridized carbons (Fsp3) is 0.200. The molecule has 5 heteroatoms. The average molecular weight is 400 g/mol. The number of anilines is 2. The summed E-state index contributed by atoms with van der Waals surface area (Å²) in [5, 5.41) is 2.87. The second kappa shape index (κ2) is 9.27. The number of hydrogen-bond acceptors (Lipinski definition) is 3. The Hall–Kier alpha value is -3.60. The largest absolute Gasteiger partial charge is 0.494 e. The minimum atomic E-state index is -0.0702. The first-order chi connectivity index (χ1) is 14.7. The Morgan fingerprint density at radius 2 is 1.63 bits per heavy atom. The van der Waals surface area contributed by atoms with E-state index in [1.807, 2.05) is 53.4 Å². The molecule has 0 aliphatic carbocycles. The Kier molecular flexibility index (Phi) is 6.09. The van der Waals surface area contributed by atoms with E-state index in [2.05, 4.69) is 11.4 Å². The summed E-state index contributed by atoms with van der Waals surface area (Å²) >= 11 is 0. The minimum absolute atomic E-state index is 0.0177. The molecule has 0 atom stereocenters. The number of para-hydroxylation sites is 2. The molecule has 30 heavy (non-hydrogen) atoms. The molecule has 0 aromatic heterocycles. The molecule has 0 fully saturated rings. The summed E-state index contributed by atoms with van der Waals surface area (Å²) in [4.78, 5) is 26.8. The Morgan fingerprint density at radius 3 is 2.43 bits per heavy atom. The molecular formula is C25H24N2O3. The van der Waals surface area contributed by atoms with Crippen LogP contribution in [0.1, 0.15) is 28.8 Å². The number of benzene rings is 3. The molecule has 1 aliphatic rings. The van der Waals surface area contributed by atoms with Gasteiger partial charge in [0.1, 0.15) is 5.75 Å². The monoisotopic (exact) mass is 400 g/mol. The van der Waals surface area contributed by atoms with Gasteiger partial charge in [-0.2, -0.15) is 0 Å². The Labute approximate surface area is 176 Å². The van der Waals surface area contributed by atoms with E-state index >= 15 is 0 Å². The van der Waals surface area contributed by atoms with Gasteiger partial charge in [0.25, 0.3) is 5.91 Å². The van der Waals surface area contributed by atoms with Crippen molar-refractivity contribution in [1.82, 2.24) is 0 Å². The smallest absolute Gasteiger partial charge is 0.258 e. The first kappa shape index (κ1) is 19.7. The van der Waals surface area contributed by atoms with E-state index in [1.165, 1.54) is 5.56 Å². The van der Waals surface area contributed by atoms with Crippen molar-refractivity contribution in [1.29, 1.82) is 0 Å². The van der Waals surface area contributed by atoms with Gasteiger partial charge in [0.15, 0.2) is 0 Å². The molecule has 152 valence electrons. The minimum Gasteiger partial charge on any atom is -0.494 e. The lowest BCUT2D eigenvalue weighted by Crippen LogP contribution is -2.28. The lowest BCUT2D eigenvalue weighted by atomic mass is 10.1. The zero-order valence-corrected chi connectivity index (χ0v) is 16.7. The lowest BCUT2D eigenvalue weighted by molar-refractivity contribution is -0.116. The van der Waals surface area contributed by atoms with Crippen LogP contribution < -0.4 is 15.0 Å². The van der Waals surface area contributed by atoms with Crippen molar-refractivity contribution >= 4 is 23.2 Å². The molecule has 3 aromatic carbocycles. The summed E-state index contributed by atoms with van der Waals surface area (Å²) in [6, 6.07) is 24.6. The molecule has 0 saturated carbocycles. The number of rotatable bonds is 7. The molecule has 1 aliphatic heterocycles. The highest BCUT2D eigenvalue weighted by molar-refractivity contribution is 6.07. The van der Waals surface area contributed by atoms with Crippen LogP contribution in [0.4, 0.5) is 11.4 Å². The zero-order chi connectivity index (χ0) is 20.8. The van der Waals surface area contributed by atoms with Crippen molar-refractivity contribution in [2.45, 2.75) is 19.3 Å². The molecule has 1 heterocycles. The summed E-state index contributed by atoms with van der Waals surface area (Å²) in [5.74, 6) is 0.717. The van der Waals surface area contributed by atoms with Crippen molar-refractivity contribution in [2.24, 2.45) is 0 Å². The molecular weight excluding hydrogens is 376 g/mol. The molecule has 0 radical (unpaired) electrons. The predicted molar refractivity (Wildman–Crippen MR) is 118 cm³/mol. The zero-order valence-electron chi connectivity index (χ0n) is 16.7. The third kappa shape index (κ3) is 4.69. The van der Waals surface area contributed by atoms with E-state index in [4.69, 9.17) is 4.74 Å². The van der Waals surface area contributed by atoms with E-state index in [-0.39, 0.29) is 11.8 Å². The van der Waals surface area contributed by atoms with Crippen LogP contribution in [-0.2, 0) is 11.2 Å². The van der Waals surface area contributed by atoms with Gasteiger partial charge in [0.2, 0.25) is 5.91 Å². The lowest BCUT2D eigenvalue weighted by Gasteiger charge is -2.17. The number of carbonyl (C=O) groups excluding carboxylic acids is 2. The summed E-state index contributed by atoms with van der Waals surface area (Å²) in [7, 11) is 0. The highest BCUT2D eigenvalue weighted by Gasteiger charge is 2.24. The maximum absolute atomic E-state index is 12.9. The summed E-state index contributed by atoms with van der Waals surface area (Å²) in [6.45, 7) is 1.18. The van der Waals surface area contributed by atoms with Gasteiger partial charge in [-0.3, -0.25) is 9.59 Å². The highest BCUT2D eigenvalue weighted by atomic mass is 16.5. The normalized spacial score (nSPS) is 12.3. The predicted octanol–water partition coefficient (Wildman–Crippen LogP) is 4.69. The van der Waals surface area contributed by atoms with Gasteiger partial charge in [-0.15, -0.1) is 0 Å². The van der Waals surface area contributed by atoms with E-state index < -0.39 is 0 Å². The van der Waals surface area contributed by atoms with Crippen molar-refractivity contribution in [3.8, 4) is 5.75 Å². The number of amides is 2. The summed E-state index contributed by atoms with van der Waals surface area (Å²) in [5.41, 5.74) is 3.48. The fourth-order valence-corrected chi connectivity index (χ4v) is 3.56. The van der Waals surface area contributed by atoms with Crippen LogP contribution in [0.2, 0.25) is 0 Å². The van der Waals surface area contributed by atoms with Gasteiger partial charge in [0, 0.05) is 29.9 Å². The number of fused-ring (bicyclic) bond motifs is 1. The van der Waals surface area contributed by atoms with Gasteiger partial charge < -0.3 is 15.0 Å². The van der Waals surface area contributed by atoms with Crippen molar-refractivity contribution < 1.29 is 14.3 Å². The number of hydrogen-bond donors (Lipinski definition) is 1. The summed E-state index contributed by atoms with van der Waals surface area (Å²) in [6.07, 6.45) is 1.88. The van der Waals surface area contributed by atoms with Gasteiger partial charge >= 0.3 is 0 Å². The molecule has 0 bridgehead atoms. The van der Waals surface area contributed by atoms with E-state index in [0.29, 0.717) is 37.2 Å². The molecule has 0 spiro atoms. The third-order valence-electron chi connectivity index (χ3n) is 5.11. The number of nitrogens with zero attached hydrogens (tertiary/aromatic N) is 1. The van der Waals surface area contributed by atoms with Crippen LogP contribution in [0.25, 0.3) is 0 Å². The van der Waals surface area contributed by atoms with E-state index in [0.717, 1.165) is 17.9 Å². The number of ether oxygens (including phenoxy) is 1. The van der Waals surface area contributed by atoms with Gasteiger partial charge in [-0.05, 0) is 60.9 Å². The first-order valence-corrected chi connectivity index (χ1v) is 10.2. The summed E-state index contributed by atoms with van der Waals surface area (Å²) < 4.78 is 5.60. The van der Waals surface area contributed by atoms with Crippen molar-refractivity contribution in [3.05, 3.63) is 90.0 Å². The third-order valence-corrected chi connectivity index (χ3v) is 5.11. The topological polar surface area (TPSA) is 58.6 Å². The molecule has 4 rings (SSSR count). The second-order valence-electron chi connectivity index (χ2n) is 7.23. The van der Waals surface area contributed by atoms with Crippen molar-refractivity contribution in [2.75, 3.05) is 23.4 Å². The highest BCUT2D eigenvalue weighted by Crippen LogP contribution is 2.29. The Balaban J connectivity index is 1.26. The van der Waals surface area contributed by atoms with Crippen LogP contribution in [0, 0.1) is 0 Å².